The summed E-state index contributed by atoms with van der Waals surface area (Å²) in [6, 6.07) is 15.9. The molecule has 0 aliphatic rings. The number of hydrogen-bond acceptors (Lipinski definition) is 2. The first-order valence-corrected chi connectivity index (χ1v) is 7.31. The van der Waals surface area contributed by atoms with Crippen LogP contribution in [-0.2, 0) is 17.6 Å². The fourth-order valence-electron chi connectivity index (χ4n) is 2.32. The van der Waals surface area contributed by atoms with Crippen molar-refractivity contribution in [3.05, 3.63) is 65.2 Å². The van der Waals surface area contributed by atoms with Crippen molar-refractivity contribution in [2.45, 2.75) is 26.2 Å². The van der Waals surface area contributed by atoms with Gasteiger partial charge in [0.2, 0.25) is 5.91 Å². The summed E-state index contributed by atoms with van der Waals surface area (Å²) in [7, 11) is 0. The Hall–Kier alpha value is -2.29. The molecule has 0 aliphatic heterocycles. The van der Waals surface area contributed by atoms with Gasteiger partial charge in [-0.1, -0.05) is 36.4 Å². The molecule has 0 bridgehead atoms. The minimum atomic E-state index is 0.0889. The Morgan fingerprint density at radius 2 is 1.90 bits per heavy atom. The van der Waals surface area contributed by atoms with E-state index < -0.39 is 0 Å². The maximum atomic E-state index is 11.8. The normalized spacial score (nSPS) is 10.3. The zero-order valence-corrected chi connectivity index (χ0v) is 12.4. The van der Waals surface area contributed by atoms with E-state index in [1.54, 1.807) is 0 Å². The van der Waals surface area contributed by atoms with Crippen molar-refractivity contribution in [3.63, 3.8) is 0 Å². The van der Waals surface area contributed by atoms with E-state index in [-0.39, 0.29) is 5.91 Å². The quantitative estimate of drug-likeness (QED) is 0.800. The lowest BCUT2D eigenvalue weighted by Gasteiger charge is -2.08. The summed E-state index contributed by atoms with van der Waals surface area (Å²) < 4.78 is 0. The monoisotopic (exact) mass is 282 g/mol. The summed E-state index contributed by atoms with van der Waals surface area (Å²) >= 11 is 0. The molecule has 0 aromatic heterocycles. The Morgan fingerprint density at radius 3 is 2.67 bits per heavy atom. The Bertz CT molecular complexity index is 608. The number of benzene rings is 2. The number of amides is 1. The highest BCUT2D eigenvalue weighted by Crippen LogP contribution is 2.09. The van der Waals surface area contributed by atoms with Crippen LogP contribution < -0.4 is 11.1 Å². The standard InChI is InChI=1S/C18H22N2O/c1-14-5-2-3-7-16(14)11-12-20-18(21)10-9-15-6-4-8-17(19)13-15/h2-8,13H,9-12,19H2,1H3,(H,20,21). The maximum Gasteiger partial charge on any atom is 0.220 e. The molecule has 0 unspecified atom stereocenters. The Labute approximate surface area is 126 Å². The Kier molecular flexibility index (Phi) is 5.38. The van der Waals surface area contributed by atoms with Crippen LogP contribution in [0.4, 0.5) is 5.69 Å². The predicted octanol–water partition coefficient (Wildman–Crippen LogP) is 2.87. The third kappa shape index (κ3) is 4.95. The number of anilines is 1. The first-order chi connectivity index (χ1) is 10.1. The van der Waals surface area contributed by atoms with Gasteiger partial charge in [-0.05, 0) is 48.6 Å². The first kappa shape index (κ1) is 15.1. The van der Waals surface area contributed by atoms with Crippen LogP contribution in [0.1, 0.15) is 23.1 Å². The highest BCUT2D eigenvalue weighted by molar-refractivity contribution is 5.76. The molecule has 21 heavy (non-hydrogen) atoms. The SMILES string of the molecule is Cc1ccccc1CCNC(=O)CCc1cccc(N)c1. The molecule has 0 fully saturated rings. The molecule has 2 aromatic rings. The largest absolute Gasteiger partial charge is 0.399 e. The number of carbonyl (C=O) groups excluding carboxylic acids is 1. The summed E-state index contributed by atoms with van der Waals surface area (Å²) in [5.41, 5.74) is 10.1. The average molecular weight is 282 g/mol. The van der Waals surface area contributed by atoms with Crippen LogP contribution in [0, 0.1) is 6.92 Å². The van der Waals surface area contributed by atoms with E-state index in [4.69, 9.17) is 5.73 Å². The molecule has 2 rings (SSSR count). The van der Waals surface area contributed by atoms with Crippen molar-refractivity contribution < 1.29 is 4.79 Å². The van der Waals surface area contributed by atoms with E-state index in [9.17, 15) is 4.79 Å². The van der Waals surface area contributed by atoms with Gasteiger partial charge in [0, 0.05) is 18.7 Å². The van der Waals surface area contributed by atoms with Gasteiger partial charge in [-0.15, -0.1) is 0 Å². The fourth-order valence-corrected chi connectivity index (χ4v) is 2.32. The summed E-state index contributed by atoms with van der Waals surface area (Å²) in [6.07, 6.45) is 2.09. The second-order valence-corrected chi connectivity index (χ2v) is 5.27. The van der Waals surface area contributed by atoms with Crippen LogP contribution in [0.25, 0.3) is 0 Å². The van der Waals surface area contributed by atoms with E-state index in [0.717, 1.165) is 24.1 Å². The molecule has 0 atom stereocenters. The molecule has 0 saturated carbocycles. The van der Waals surface area contributed by atoms with Crippen LogP contribution in [-0.4, -0.2) is 12.5 Å². The lowest BCUT2D eigenvalue weighted by Crippen LogP contribution is -2.26. The van der Waals surface area contributed by atoms with Gasteiger partial charge in [0.05, 0.1) is 0 Å². The van der Waals surface area contributed by atoms with Gasteiger partial charge in [0.25, 0.3) is 0 Å². The topological polar surface area (TPSA) is 55.1 Å². The highest BCUT2D eigenvalue weighted by atomic mass is 16.1. The molecule has 3 nitrogen and oxygen atoms in total. The molecule has 0 spiro atoms. The minimum Gasteiger partial charge on any atom is -0.399 e. The molecule has 0 radical (unpaired) electrons. The number of nitrogens with two attached hydrogens (primary N) is 1. The van der Waals surface area contributed by atoms with E-state index in [1.165, 1.54) is 11.1 Å². The maximum absolute atomic E-state index is 11.8. The number of carbonyl (C=O) groups is 1. The molecule has 110 valence electrons. The molecule has 0 heterocycles. The minimum absolute atomic E-state index is 0.0889. The van der Waals surface area contributed by atoms with Gasteiger partial charge < -0.3 is 11.1 Å². The van der Waals surface area contributed by atoms with E-state index in [2.05, 4.69) is 24.4 Å². The van der Waals surface area contributed by atoms with E-state index in [0.29, 0.717) is 13.0 Å². The van der Waals surface area contributed by atoms with Crippen LogP contribution >= 0.6 is 0 Å². The molecule has 0 aliphatic carbocycles. The average Bonchev–Trinajstić information content (AvgIpc) is 2.47. The summed E-state index contributed by atoms with van der Waals surface area (Å²) in [5.74, 6) is 0.0889. The number of hydrogen-bond donors (Lipinski definition) is 2. The lowest BCUT2D eigenvalue weighted by molar-refractivity contribution is -0.121. The zero-order chi connectivity index (χ0) is 15.1. The van der Waals surface area contributed by atoms with Crippen LogP contribution in [0.15, 0.2) is 48.5 Å². The van der Waals surface area contributed by atoms with Gasteiger partial charge in [-0.3, -0.25) is 4.79 Å². The number of rotatable bonds is 6. The molecule has 3 N–H and O–H groups in total. The van der Waals surface area contributed by atoms with Gasteiger partial charge in [-0.25, -0.2) is 0 Å². The van der Waals surface area contributed by atoms with Crippen molar-refractivity contribution >= 4 is 11.6 Å². The first-order valence-electron chi connectivity index (χ1n) is 7.31. The summed E-state index contributed by atoms with van der Waals surface area (Å²) in [4.78, 5) is 11.8. The van der Waals surface area contributed by atoms with Crippen LogP contribution in [0.5, 0.6) is 0 Å². The van der Waals surface area contributed by atoms with Crippen LogP contribution in [0.3, 0.4) is 0 Å². The molecule has 3 heteroatoms. The number of nitrogens with one attached hydrogen (secondary N) is 1. The molecule has 2 aromatic carbocycles. The Morgan fingerprint density at radius 1 is 1.10 bits per heavy atom. The van der Waals surface area contributed by atoms with Crippen molar-refractivity contribution in [2.75, 3.05) is 12.3 Å². The van der Waals surface area contributed by atoms with Crippen molar-refractivity contribution in [3.8, 4) is 0 Å². The zero-order valence-electron chi connectivity index (χ0n) is 12.4. The predicted molar refractivity (Wildman–Crippen MR) is 87.1 cm³/mol. The fraction of sp³-hybridized carbons (Fsp3) is 0.278. The van der Waals surface area contributed by atoms with Crippen molar-refractivity contribution in [1.29, 1.82) is 0 Å². The molecular weight excluding hydrogens is 260 g/mol. The number of aryl methyl sites for hydroxylation is 2. The van der Waals surface area contributed by atoms with Crippen LogP contribution in [0.2, 0.25) is 0 Å². The summed E-state index contributed by atoms with van der Waals surface area (Å²) in [5, 5.41) is 2.97. The smallest absolute Gasteiger partial charge is 0.220 e. The molecule has 1 amide bonds. The van der Waals surface area contributed by atoms with Gasteiger partial charge in [0.1, 0.15) is 0 Å². The summed E-state index contributed by atoms with van der Waals surface area (Å²) in [6.45, 7) is 2.78. The van der Waals surface area contributed by atoms with Gasteiger partial charge >= 0.3 is 0 Å². The van der Waals surface area contributed by atoms with Crippen molar-refractivity contribution in [2.24, 2.45) is 0 Å². The van der Waals surface area contributed by atoms with Crippen molar-refractivity contribution in [1.82, 2.24) is 5.32 Å². The Balaban J connectivity index is 1.72. The molecule has 0 saturated heterocycles. The third-order valence-corrected chi connectivity index (χ3v) is 3.57. The second kappa shape index (κ2) is 7.48. The second-order valence-electron chi connectivity index (χ2n) is 5.27. The molecular formula is C18H22N2O. The van der Waals surface area contributed by atoms with Gasteiger partial charge in [-0.2, -0.15) is 0 Å². The highest BCUT2D eigenvalue weighted by Gasteiger charge is 2.03. The lowest BCUT2D eigenvalue weighted by atomic mass is 10.1. The third-order valence-electron chi connectivity index (χ3n) is 3.57. The van der Waals surface area contributed by atoms with E-state index in [1.807, 2.05) is 36.4 Å². The van der Waals surface area contributed by atoms with Gasteiger partial charge in [0.15, 0.2) is 0 Å². The van der Waals surface area contributed by atoms with E-state index >= 15 is 0 Å². The number of nitrogen functional groups attached to an aromatic ring is 1.